The summed E-state index contributed by atoms with van der Waals surface area (Å²) in [7, 11) is 2.81. The maximum Gasteiger partial charge on any atom is 0.255 e. The molecule has 9 nitrogen and oxygen atoms in total. The Morgan fingerprint density at radius 3 is 2.31 bits per heavy atom. The van der Waals surface area contributed by atoms with E-state index >= 15 is 0 Å². The van der Waals surface area contributed by atoms with Gasteiger partial charge in [0.05, 0.1) is 24.3 Å². The van der Waals surface area contributed by atoms with Crippen LogP contribution in [0.1, 0.15) is 10.4 Å². The van der Waals surface area contributed by atoms with E-state index < -0.39 is 5.91 Å². The first kappa shape index (κ1) is 22.4. The molecule has 11 heteroatoms. The number of rotatable bonds is 10. The Bertz CT molecular complexity index is 870. The third-order valence-corrected chi connectivity index (χ3v) is 4.09. The molecule has 29 heavy (non-hydrogen) atoms. The fourth-order valence-electron chi connectivity index (χ4n) is 2.30. The van der Waals surface area contributed by atoms with Gasteiger partial charge >= 0.3 is 0 Å². The number of hydrogen-bond donors (Lipinski definition) is 3. The molecule has 0 bridgehead atoms. The van der Waals surface area contributed by atoms with Gasteiger partial charge in [0.25, 0.3) is 11.8 Å². The first-order valence-corrected chi connectivity index (χ1v) is 9.11. The van der Waals surface area contributed by atoms with Gasteiger partial charge in [-0.05, 0) is 18.2 Å². The fraction of sp³-hybridized carbons (Fsp3) is 0.278. The summed E-state index contributed by atoms with van der Waals surface area (Å²) in [6.45, 7) is 0.323. The lowest BCUT2D eigenvalue weighted by Gasteiger charge is -2.15. The fourth-order valence-corrected chi connectivity index (χ4v) is 2.75. The molecular weight excluding hydrogens is 423 g/mol. The van der Waals surface area contributed by atoms with Gasteiger partial charge in [0, 0.05) is 24.8 Å². The first-order chi connectivity index (χ1) is 13.8. The Morgan fingerprint density at radius 2 is 1.76 bits per heavy atom. The zero-order chi connectivity index (χ0) is 21.4. The van der Waals surface area contributed by atoms with Crippen LogP contribution in [0.3, 0.4) is 0 Å². The zero-order valence-corrected chi connectivity index (χ0v) is 17.3. The molecule has 156 valence electrons. The number of hydrogen-bond acceptors (Lipinski definition) is 7. The number of pyridine rings is 1. The van der Waals surface area contributed by atoms with Crippen molar-refractivity contribution < 1.29 is 23.8 Å². The third kappa shape index (κ3) is 6.30. The number of nitrogens with one attached hydrogen (secondary N) is 2. The standard InChI is InChI=1S/C18H20Cl2N4O5/c1-27-13-5-10(6-14(28-2)16(13)29-9-15(21)25)18(26)23-4-3-22-17-12(20)7-11(19)8-24-17/h5-8H,3-4,9H2,1-2H3,(H2,21,25)(H,22,24)(H,23,26). The minimum Gasteiger partial charge on any atom is -0.493 e. The molecule has 0 unspecified atom stereocenters. The maximum absolute atomic E-state index is 12.5. The number of ether oxygens (including phenoxy) is 3. The number of nitrogens with zero attached hydrogens (tertiary/aromatic N) is 1. The minimum absolute atomic E-state index is 0.176. The molecule has 2 rings (SSSR count). The minimum atomic E-state index is -0.654. The molecule has 0 aliphatic carbocycles. The van der Waals surface area contributed by atoms with Gasteiger partial charge in [0.1, 0.15) is 5.82 Å². The van der Waals surface area contributed by atoms with E-state index in [9.17, 15) is 9.59 Å². The van der Waals surface area contributed by atoms with Gasteiger partial charge in [-0.1, -0.05) is 23.2 Å². The van der Waals surface area contributed by atoms with Crippen molar-refractivity contribution in [1.29, 1.82) is 0 Å². The van der Waals surface area contributed by atoms with Crippen LogP contribution in [0.15, 0.2) is 24.4 Å². The molecule has 0 saturated heterocycles. The number of aromatic nitrogens is 1. The number of nitrogens with two attached hydrogens (primary N) is 1. The molecule has 0 saturated carbocycles. The van der Waals surface area contributed by atoms with E-state index in [1.165, 1.54) is 32.5 Å². The van der Waals surface area contributed by atoms with E-state index in [1.807, 2.05) is 0 Å². The normalized spacial score (nSPS) is 10.2. The van der Waals surface area contributed by atoms with Crippen LogP contribution in [0.4, 0.5) is 5.82 Å². The third-order valence-electron chi connectivity index (χ3n) is 3.59. The van der Waals surface area contributed by atoms with Crippen molar-refractivity contribution in [2.75, 3.05) is 39.2 Å². The van der Waals surface area contributed by atoms with E-state index in [2.05, 4.69) is 15.6 Å². The summed E-state index contributed by atoms with van der Waals surface area (Å²) in [6.07, 6.45) is 1.47. The molecular formula is C18H20Cl2N4O5. The van der Waals surface area contributed by atoms with Crippen molar-refractivity contribution in [2.24, 2.45) is 5.73 Å². The second-order valence-electron chi connectivity index (χ2n) is 5.63. The van der Waals surface area contributed by atoms with Gasteiger partial charge in [-0.2, -0.15) is 0 Å². The number of amides is 2. The van der Waals surface area contributed by atoms with Crippen molar-refractivity contribution in [3.8, 4) is 17.2 Å². The second-order valence-corrected chi connectivity index (χ2v) is 6.48. The molecule has 1 aromatic carbocycles. The van der Waals surface area contributed by atoms with Crippen LogP contribution >= 0.6 is 23.2 Å². The summed E-state index contributed by atoms with van der Waals surface area (Å²) >= 11 is 11.8. The van der Waals surface area contributed by atoms with Crippen LogP contribution in [-0.2, 0) is 4.79 Å². The number of anilines is 1. The van der Waals surface area contributed by atoms with Crippen LogP contribution in [0, 0.1) is 0 Å². The predicted octanol–water partition coefficient (Wildman–Crippen LogP) is 2.11. The molecule has 0 fully saturated rings. The summed E-state index contributed by atoms with van der Waals surface area (Å²) in [4.78, 5) is 27.5. The second kappa shape index (κ2) is 10.6. The monoisotopic (exact) mass is 442 g/mol. The first-order valence-electron chi connectivity index (χ1n) is 8.36. The number of benzene rings is 1. The lowest BCUT2D eigenvalue weighted by atomic mass is 10.1. The van der Waals surface area contributed by atoms with Gasteiger partial charge in [0.2, 0.25) is 5.75 Å². The molecule has 2 aromatic rings. The summed E-state index contributed by atoms with van der Waals surface area (Å²) in [5.74, 6) is 0.0795. The van der Waals surface area contributed by atoms with E-state index in [0.717, 1.165) is 0 Å². The van der Waals surface area contributed by atoms with E-state index in [-0.39, 0.29) is 35.3 Å². The Morgan fingerprint density at radius 1 is 1.10 bits per heavy atom. The van der Waals surface area contributed by atoms with Crippen molar-refractivity contribution in [2.45, 2.75) is 0 Å². The average molecular weight is 443 g/mol. The predicted molar refractivity (Wildman–Crippen MR) is 109 cm³/mol. The molecule has 4 N–H and O–H groups in total. The van der Waals surface area contributed by atoms with Crippen molar-refractivity contribution in [3.05, 3.63) is 40.0 Å². The Labute approximate surface area is 177 Å². The Balaban J connectivity index is 2.01. The SMILES string of the molecule is COc1cc(C(=O)NCCNc2ncc(Cl)cc2Cl)cc(OC)c1OCC(N)=O. The van der Waals surface area contributed by atoms with Crippen molar-refractivity contribution >= 4 is 40.8 Å². The van der Waals surface area contributed by atoms with E-state index in [0.29, 0.717) is 29.0 Å². The summed E-state index contributed by atoms with van der Waals surface area (Å²) in [5.41, 5.74) is 5.38. The highest BCUT2D eigenvalue weighted by Gasteiger charge is 2.18. The van der Waals surface area contributed by atoms with Crippen LogP contribution in [0.5, 0.6) is 17.2 Å². The summed E-state index contributed by atoms with van der Waals surface area (Å²) in [6, 6.07) is 4.51. The highest BCUT2D eigenvalue weighted by atomic mass is 35.5. The van der Waals surface area contributed by atoms with Gasteiger partial charge < -0.3 is 30.6 Å². The lowest BCUT2D eigenvalue weighted by molar-refractivity contribution is -0.120. The molecule has 2 amide bonds. The lowest BCUT2D eigenvalue weighted by Crippen LogP contribution is -2.29. The molecule has 0 radical (unpaired) electrons. The Kier molecular flexibility index (Phi) is 8.17. The molecule has 0 aliphatic rings. The van der Waals surface area contributed by atoms with E-state index in [4.69, 9.17) is 43.1 Å². The van der Waals surface area contributed by atoms with Crippen LogP contribution in [0.25, 0.3) is 0 Å². The Hall–Kier alpha value is -2.91. The summed E-state index contributed by atoms with van der Waals surface area (Å²) < 4.78 is 15.8. The van der Waals surface area contributed by atoms with E-state index in [1.54, 1.807) is 6.07 Å². The number of methoxy groups -OCH3 is 2. The number of carbonyl (C=O) groups excluding carboxylic acids is 2. The molecule has 0 spiro atoms. The topological polar surface area (TPSA) is 125 Å². The van der Waals surface area contributed by atoms with Gasteiger partial charge in [-0.25, -0.2) is 4.98 Å². The zero-order valence-electron chi connectivity index (χ0n) is 15.8. The highest BCUT2D eigenvalue weighted by molar-refractivity contribution is 6.35. The average Bonchev–Trinajstić information content (AvgIpc) is 2.69. The number of primary amides is 1. The highest BCUT2D eigenvalue weighted by Crippen LogP contribution is 2.38. The maximum atomic E-state index is 12.5. The van der Waals surface area contributed by atoms with Crippen molar-refractivity contribution in [3.63, 3.8) is 0 Å². The van der Waals surface area contributed by atoms with Gasteiger partial charge in [-0.3, -0.25) is 9.59 Å². The van der Waals surface area contributed by atoms with Gasteiger partial charge in [-0.15, -0.1) is 0 Å². The van der Waals surface area contributed by atoms with Crippen LogP contribution in [-0.4, -0.2) is 50.7 Å². The molecule has 0 atom stereocenters. The van der Waals surface area contributed by atoms with Crippen molar-refractivity contribution in [1.82, 2.24) is 10.3 Å². The van der Waals surface area contributed by atoms with Crippen LogP contribution < -0.4 is 30.6 Å². The largest absolute Gasteiger partial charge is 0.493 e. The number of carbonyl (C=O) groups is 2. The van der Waals surface area contributed by atoms with Gasteiger partial charge in [0.15, 0.2) is 18.1 Å². The summed E-state index contributed by atoms with van der Waals surface area (Å²) in [5, 5.41) is 6.56. The quantitative estimate of drug-likeness (QED) is 0.481. The molecule has 0 aliphatic heterocycles. The smallest absolute Gasteiger partial charge is 0.255 e. The number of halogens is 2. The molecule has 1 heterocycles. The van der Waals surface area contributed by atoms with Crippen LogP contribution in [0.2, 0.25) is 10.0 Å². The molecule has 1 aromatic heterocycles.